The molecule has 0 N–H and O–H groups in total. The highest BCUT2D eigenvalue weighted by Crippen LogP contribution is 2.41. The third-order valence-electron chi connectivity index (χ3n) is 4.78. The number of halogens is 1. The lowest BCUT2D eigenvalue weighted by molar-refractivity contribution is -0.130. The number of amides is 1. The van der Waals surface area contributed by atoms with Crippen LogP contribution in [0, 0.1) is 0 Å². The number of ether oxygens (including phenoxy) is 4. The largest absolute Gasteiger partial charge is 0.493 e. The van der Waals surface area contributed by atoms with Gasteiger partial charge < -0.3 is 28.4 Å². The van der Waals surface area contributed by atoms with E-state index in [1.165, 1.54) is 0 Å². The van der Waals surface area contributed by atoms with Gasteiger partial charge in [0, 0.05) is 24.8 Å². The van der Waals surface area contributed by atoms with E-state index in [0.717, 1.165) is 19.4 Å². The highest BCUT2D eigenvalue weighted by atomic mass is 35.5. The number of alkyl halides is 1. The minimum Gasteiger partial charge on any atom is -0.493 e. The quantitative estimate of drug-likeness (QED) is 0.572. The van der Waals surface area contributed by atoms with Gasteiger partial charge in [-0.25, -0.2) is 0 Å². The van der Waals surface area contributed by atoms with Crippen molar-refractivity contribution < 1.29 is 28.3 Å². The summed E-state index contributed by atoms with van der Waals surface area (Å²) in [5.74, 6) is 1.78. The van der Waals surface area contributed by atoms with Crippen LogP contribution < -0.4 is 14.2 Å². The van der Waals surface area contributed by atoms with Crippen LogP contribution in [0.5, 0.6) is 17.2 Å². The Balaban J connectivity index is 1.81. The Hall–Kier alpha value is -2.45. The molecule has 1 aromatic heterocycles. The molecule has 2 heterocycles. The topological polar surface area (TPSA) is 83.3 Å². The fourth-order valence-electron chi connectivity index (χ4n) is 3.31. The van der Waals surface area contributed by atoms with Gasteiger partial charge in [-0.3, -0.25) is 4.79 Å². The Morgan fingerprint density at radius 2 is 1.93 bits per heavy atom. The van der Waals surface area contributed by atoms with Gasteiger partial charge in [0.25, 0.3) is 0 Å². The van der Waals surface area contributed by atoms with Crippen molar-refractivity contribution in [2.45, 2.75) is 25.5 Å². The molecule has 0 unspecified atom stereocenters. The highest BCUT2D eigenvalue weighted by molar-refractivity contribution is 6.27. The molecule has 0 bridgehead atoms. The Bertz CT molecular complexity index is 809. The van der Waals surface area contributed by atoms with Gasteiger partial charge in [-0.05, 0) is 25.0 Å². The summed E-state index contributed by atoms with van der Waals surface area (Å²) >= 11 is 5.78. The van der Waals surface area contributed by atoms with E-state index in [1.807, 2.05) is 0 Å². The molecule has 1 atom stereocenters. The van der Waals surface area contributed by atoms with Crippen molar-refractivity contribution in [2.24, 2.45) is 0 Å². The Kier molecular flexibility index (Phi) is 7.22. The monoisotopic (exact) mass is 424 g/mol. The SMILES string of the molecule is COc1cc(-c2cc(CN(C[C@@H]3CCCO3)C(=O)CCl)no2)cc(OC)c1OC. The van der Waals surface area contributed by atoms with Gasteiger partial charge in [0.15, 0.2) is 17.3 Å². The van der Waals surface area contributed by atoms with Crippen molar-refractivity contribution in [3.05, 3.63) is 23.9 Å². The van der Waals surface area contributed by atoms with Crippen LogP contribution in [-0.2, 0) is 16.1 Å². The number of carbonyl (C=O) groups excluding carboxylic acids is 1. The van der Waals surface area contributed by atoms with Gasteiger partial charge in [-0.1, -0.05) is 5.16 Å². The van der Waals surface area contributed by atoms with Crippen LogP contribution in [-0.4, -0.2) is 62.4 Å². The summed E-state index contributed by atoms with van der Waals surface area (Å²) < 4.78 is 27.3. The van der Waals surface area contributed by atoms with Gasteiger partial charge in [0.05, 0.1) is 34.0 Å². The zero-order valence-corrected chi connectivity index (χ0v) is 17.5. The third kappa shape index (κ3) is 4.94. The predicted molar refractivity (Wildman–Crippen MR) is 107 cm³/mol. The number of rotatable bonds is 9. The lowest BCUT2D eigenvalue weighted by Gasteiger charge is -2.23. The number of nitrogens with zero attached hydrogens (tertiary/aromatic N) is 2. The molecule has 8 nitrogen and oxygen atoms in total. The number of benzene rings is 1. The normalized spacial score (nSPS) is 15.9. The van der Waals surface area contributed by atoms with Gasteiger partial charge in [-0.15, -0.1) is 11.6 Å². The molecule has 1 saturated heterocycles. The van der Waals surface area contributed by atoms with Gasteiger partial charge >= 0.3 is 0 Å². The molecule has 1 amide bonds. The molecule has 158 valence electrons. The molecule has 29 heavy (non-hydrogen) atoms. The molecular formula is C20H25ClN2O6. The average Bonchev–Trinajstić information content (AvgIpc) is 3.43. The van der Waals surface area contributed by atoms with Crippen LogP contribution >= 0.6 is 11.6 Å². The second kappa shape index (κ2) is 9.84. The maximum Gasteiger partial charge on any atom is 0.237 e. The fraction of sp³-hybridized carbons (Fsp3) is 0.500. The number of hydrogen-bond donors (Lipinski definition) is 0. The molecule has 0 aliphatic carbocycles. The first-order valence-electron chi connectivity index (χ1n) is 9.30. The van der Waals surface area contributed by atoms with Crippen molar-refractivity contribution >= 4 is 17.5 Å². The molecule has 2 aromatic rings. The third-order valence-corrected chi connectivity index (χ3v) is 5.00. The van der Waals surface area contributed by atoms with Gasteiger partial charge in [-0.2, -0.15) is 0 Å². The summed E-state index contributed by atoms with van der Waals surface area (Å²) in [4.78, 5) is 13.9. The zero-order valence-electron chi connectivity index (χ0n) is 16.8. The van der Waals surface area contributed by atoms with Gasteiger partial charge in [0.2, 0.25) is 11.7 Å². The molecule has 1 aliphatic heterocycles. The first-order chi connectivity index (χ1) is 14.1. The van der Waals surface area contributed by atoms with E-state index in [2.05, 4.69) is 5.16 Å². The van der Waals surface area contributed by atoms with E-state index in [9.17, 15) is 4.79 Å². The average molecular weight is 425 g/mol. The first-order valence-corrected chi connectivity index (χ1v) is 9.84. The van der Waals surface area contributed by atoms with Crippen molar-refractivity contribution in [1.82, 2.24) is 10.1 Å². The summed E-state index contributed by atoms with van der Waals surface area (Å²) in [6, 6.07) is 5.34. The van der Waals surface area contributed by atoms with Crippen molar-refractivity contribution in [3.63, 3.8) is 0 Å². The zero-order chi connectivity index (χ0) is 20.8. The van der Waals surface area contributed by atoms with E-state index in [0.29, 0.717) is 47.4 Å². The van der Waals surface area contributed by atoms with Crippen LogP contribution in [0.1, 0.15) is 18.5 Å². The standard InChI is InChI=1S/C20H25ClN2O6/c1-25-17-7-13(8-18(26-2)20(17)27-3)16-9-14(22-29-16)11-23(19(24)10-21)12-15-5-4-6-28-15/h7-9,15H,4-6,10-12H2,1-3H3/t15-/m0/s1. The molecule has 3 rings (SSSR count). The molecular weight excluding hydrogens is 400 g/mol. The number of carbonyl (C=O) groups is 1. The number of methoxy groups -OCH3 is 3. The van der Waals surface area contributed by atoms with E-state index in [4.69, 9.17) is 35.1 Å². The lowest BCUT2D eigenvalue weighted by atomic mass is 10.1. The van der Waals surface area contributed by atoms with Gasteiger partial charge in [0.1, 0.15) is 11.6 Å². The minimum atomic E-state index is -0.167. The number of aromatic nitrogens is 1. The minimum absolute atomic E-state index is 0.0312. The van der Waals surface area contributed by atoms with Crippen LogP contribution in [0.4, 0.5) is 0 Å². The smallest absolute Gasteiger partial charge is 0.237 e. The Morgan fingerprint density at radius 3 is 2.48 bits per heavy atom. The van der Waals surface area contributed by atoms with Crippen LogP contribution in [0.3, 0.4) is 0 Å². The maximum absolute atomic E-state index is 12.3. The molecule has 1 aliphatic rings. The van der Waals surface area contributed by atoms with Crippen LogP contribution in [0.25, 0.3) is 11.3 Å². The lowest BCUT2D eigenvalue weighted by Crippen LogP contribution is -2.37. The molecule has 1 aromatic carbocycles. The van der Waals surface area contributed by atoms with E-state index >= 15 is 0 Å². The molecule has 0 spiro atoms. The van der Waals surface area contributed by atoms with Crippen LogP contribution in [0.2, 0.25) is 0 Å². The Morgan fingerprint density at radius 1 is 1.21 bits per heavy atom. The predicted octanol–water partition coefficient (Wildman–Crippen LogP) is 3.11. The summed E-state index contributed by atoms with van der Waals surface area (Å²) in [6.07, 6.45) is 1.97. The van der Waals surface area contributed by atoms with Crippen molar-refractivity contribution in [1.29, 1.82) is 0 Å². The maximum atomic E-state index is 12.3. The molecule has 0 saturated carbocycles. The first kappa shape index (κ1) is 21.3. The van der Waals surface area contributed by atoms with E-state index < -0.39 is 0 Å². The fourth-order valence-corrected chi connectivity index (χ4v) is 3.48. The molecule has 9 heteroatoms. The summed E-state index contributed by atoms with van der Waals surface area (Å²) in [5.41, 5.74) is 1.33. The second-order valence-electron chi connectivity index (χ2n) is 6.64. The van der Waals surface area contributed by atoms with Crippen molar-refractivity contribution in [2.75, 3.05) is 40.4 Å². The summed E-state index contributed by atoms with van der Waals surface area (Å²) in [7, 11) is 4.64. The second-order valence-corrected chi connectivity index (χ2v) is 6.91. The van der Waals surface area contributed by atoms with Crippen molar-refractivity contribution in [3.8, 4) is 28.6 Å². The van der Waals surface area contributed by atoms with Crippen LogP contribution in [0.15, 0.2) is 22.7 Å². The van der Waals surface area contributed by atoms with E-state index in [-0.39, 0.29) is 17.9 Å². The summed E-state index contributed by atoms with van der Waals surface area (Å²) in [6.45, 7) is 1.50. The summed E-state index contributed by atoms with van der Waals surface area (Å²) in [5, 5.41) is 4.11. The highest BCUT2D eigenvalue weighted by Gasteiger charge is 2.24. The number of hydrogen-bond acceptors (Lipinski definition) is 7. The Labute approximate surface area is 174 Å². The molecule has 1 fully saturated rings. The van der Waals surface area contributed by atoms with E-state index in [1.54, 1.807) is 44.4 Å². The molecule has 0 radical (unpaired) electrons.